The van der Waals surface area contributed by atoms with Gasteiger partial charge in [0.25, 0.3) is 0 Å². The summed E-state index contributed by atoms with van der Waals surface area (Å²) in [6.07, 6.45) is 2.03. The number of likely N-dealkylation sites (tertiary alicyclic amines) is 1. The standard InChI is InChI=1S/C14H27NO2S/c1-11(2)10-18-12-6-8-15(9-7-12)13(16)17-14(3,4)5/h11-12H,6-10H2,1-5H3. The average Bonchev–Trinajstić information content (AvgIpc) is 2.24. The Morgan fingerprint density at radius 3 is 2.33 bits per heavy atom. The van der Waals surface area contributed by atoms with Crippen molar-refractivity contribution in [1.29, 1.82) is 0 Å². The van der Waals surface area contributed by atoms with E-state index in [9.17, 15) is 4.79 Å². The highest BCUT2D eigenvalue weighted by molar-refractivity contribution is 7.99. The van der Waals surface area contributed by atoms with Crippen molar-refractivity contribution < 1.29 is 9.53 Å². The molecule has 1 rings (SSSR count). The number of carbonyl (C=O) groups excluding carboxylic acids is 1. The molecule has 3 nitrogen and oxygen atoms in total. The molecule has 1 fully saturated rings. The molecule has 1 aliphatic rings. The highest BCUT2D eigenvalue weighted by atomic mass is 32.2. The molecular formula is C14H27NO2S. The fourth-order valence-electron chi connectivity index (χ4n) is 1.86. The molecule has 1 aliphatic heterocycles. The number of nitrogens with zero attached hydrogens (tertiary/aromatic N) is 1. The van der Waals surface area contributed by atoms with Gasteiger partial charge in [0, 0.05) is 18.3 Å². The van der Waals surface area contributed by atoms with Crippen LogP contribution < -0.4 is 0 Å². The quantitative estimate of drug-likeness (QED) is 0.784. The van der Waals surface area contributed by atoms with Crippen molar-refractivity contribution in [2.24, 2.45) is 5.92 Å². The maximum Gasteiger partial charge on any atom is 0.410 e. The van der Waals surface area contributed by atoms with Crippen LogP contribution in [0, 0.1) is 5.92 Å². The van der Waals surface area contributed by atoms with Crippen LogP contribution in [0.15, 0.2) is 0 Å². The van der Waals surface area contributed by atoms with Crippen molar-refractivity contribution in [1.82, 2.24) is 4.90 Å². The Morgan fingerprint density at radius 1 is 1.33 bits per heavy atom. The number of hydrogen-bond acceptors (Lipinski definition) is 3. The molecule has 0 saturated carbocycles. The van der Waals surface area contributed by atoms with Gasteiger partial charge in [-0.2, -0.15) is 11.8 Å². The van der Waals surface area contributed by atoms with E-state index in [0.717, 1.165) is 31.8 Å². The van der Waals surface area contributed by atoms with E-state index in [1.54, 1.807) is 0 Å². The Hall–Kier alpha value is -0.380. The molecule has 0 aromatic carbocycles. The van der Waals surface area contributed by atoms with Crippen LogP contribution in [0.25, 0.3) is 0 Å². The van der Waals surface area contributed by atoms with Gasteiger partial charge >= 0.3 is 6.09 Å². The van der Waals surface area contributed by atoms with E-state index in [1.807, 2.05) is 25.7 Å². The molecule has 0 aromatic rings. The molecule has 1 heterocycles. The van der Waals surface area contributed by atoms with E-state index in [4.69, 9.17) is 4.74 Å². The summed E-state index contributed by atoms with van der Waals surface area (Å²) in [7, 11) is 0. The second-order valence-electron chi connectivity index (χ2n) is 6.39. The molecule has 0 spiro atoms. The van der Waals surface area contributed by atoms with E-state index in [1.165, 1.54) is 5.75 Å². The smallest absolute Gasteiger partial charge is 0.410 e. The molecule has 4 heteroatoms. The Kier molecular flexibility index (Phi) is 5.83. The highest BCUT2D eigenvalue weighted by Gasteiger charge is 2.26. The van der Waals surface area contributed by atoms with Gasteiger partial charge in [-0.3, -0.25) is 0 Å². The van der Waals surface area contributed by atoms with Crippen LogP contribution in [0.2, 0.25) is 0 Å². The average molecular weight is 273 g/mol. The number of thioether (sulfide) groups is 1. The van der Waals surface area contributed by atoms with Crippen molar-refractivity contribution in [3.05, 3.63) is 0 Å². The molecule has 0 N–H and O–H groups in total. The number of hydrogen-bond donors (Lipinski definition) is 0. The van der Waals surface area contributed by atoms with Gasteiger partial charge < -0.3 is 9.64 Å². The molecule has 0 unspecified atom stereocenters. The summed E-state index contributed by atoms with van der Waals surface area (Å²) in [5.41, 5.74) is -0.389. The molecule has 18 heavy (non-hydrogen) atoms. The first kappa shape index (κ1) is 15.7. The number of piperidine rings is 1. The Balaban J connectivity index is 2.28. The van der Waals surface area contributed by atoms with E-state index < -0.39 is 0 Å². The monoisotopic (exact) mass is 273 g/mol. The summed E-state index contributed by atoms with van der Waals surface area (Å²) in [6, 6.07) is 0. The van der Waals surface area contributed by atoms with Gasteiger partial charge in [-0.15, -0.1) is 0 Å². The van der Waals surface area contributed by atoms with Crippen molar-refractivity contribution in [2.45, 2.75) is 58.3 Å². The molecule has 0 bridgehead atoms. The summed E-state index contributed by atoms with van der Waals surface area (Å²) in [4.78, 5) is 13.7. The predicted octanol–water partition coefficient (Wildman–Crippen LogP) is 3.78. The van der Waals surface area contributed by atoms with Crippen molar-refractivity contribution >= 4 is 17.9 Å². The number of amides is 1. The first-order chi connectivity index (χ1) is 8.28. The molecule has 0 radical (unpaired) electrons. The van der Waals surface area contributed by atoms with Crippen LogP contribution >= 0.6 is 11.8 Å². The zero-order valence-electron chi connectivity index (χ0n) is 12.4. The molecule has 0 aromatic heterocycles. The summed E-state index contributed by atoms with van der Waals surface area (Å²) >= 11 is 2.05. The fourth-order valence-corrected chi connectivity index (χ4v) is 3.06. The lowest BCUT2D eigenvalue weighted by atomic mass is 10.1. The largest absolute Gasteiger partial charge is 0.444 e. The molecule has 0 aliphatic carbocycles. The van der Waals surface area contributed by atoms with E-state index in [-0.39, 0.29) is 11.7 Å². The summed E-state index contributed by atoms with van der Waals surface area (Å²) in [5.74, 6) is 1.97. The lowest BCUT2D eigenvalue weighted by molar-refractivity contribution is 0.0219. The molecule has 0 atom stereocenters. The second-order valence-corrected chi connectivity index (χ2v) is 7.73. The van der Waals surface area contributed by atoms with Crippen LogP contribution in [0.1, 0.15) is 47.5 Å². The van der Waals surface area contributed by atoms with Crippen molar-refractivity contribution in [3.63, 3.8) is 0 Å². The van der Waals surface area contributed by atoms with Gasteiger partial charge in [0.15, 0.2) is 0 Å². The van der Waals surface area contributed by atoms with Crippen LogP contribution in [-0.2, 0) is 4.74 Å². The lowest BCUT2D eigenvalue weighted by Gasteiger charge is -2.33. The van der Waals surface area contributed by atoms with Crippen molar-refractivity contribution in [3.8, 4) is 0 Å². The topological polar surface area (TPSA) is 29.5 Å². The van der Waals surface area contributed by atoms with Gasteiger partial charge in [0.05, 0.1) is 0 Å². The normalized spacial score (nSPS) is 18.2. The maximum absolute atomic E-state index is 11.9. The van der Waals surface area contributed by atoms with Gasteiger partial charge in [-0.25, -0.2) is 4.79 Å². The van der Waals surface area contributed by atoms with Crippen LogP contribution in [0.4, 0.5) is 4.79 Å². The maximum atomic E-state index is 11.9. The number of ether oxygens (including phenoxy) is 1. The van der Waals surface area contributed by atoms with E-state index >= 15 is 0 Å². The van der Waals surface area contributed by atoms with Gasteiger partial charge in [0.2, 0.25) is 0 Å². The Morgan fingerprint density at radius 2 is 1.89 bits per heavy atom. The molecule has 1 saturated heterocycles. The predicted molar refractivity (Wildman–Crippen MR) is 78.1 cm³/mol. The number of rotatable bonds is 3. The number of carbonyl (C=O) groups is 1. The van der Waals surface area contributed by atoms with E-state index in [0.29, 0.717) is 5.25 Å². The minimum atomic E-state index is -0.389. The minimum absolute atomic E-state index is 0.158. The third kappa shape index (κ3) is 5.98. The first-order valence-corrected chi connectivity index (χ1v) is 7.92. The Bertz CT molecular complexity index is 265. The summed E-state index contributed by atoms with van der Waals surface area (Å²) in [5, 5.41) is 0.714. The van der Waals surface area contributed by atoms with E-state index in [2.05, 4.69) is 25.6 Å². The third-order valence-corrected chi connectivity index (χ3v) is 4.56. The fraction of sp³-hybridized carbons (Fsp3) is 0.929. The van der Waals surface area contributed by atoms with Crippen LogP contribution in [0.3, 0.4) is 0 Å². The molecule has 1 amide bonds. The minimum Gasteiger partial charge on any atom is -0.444 e. The zero-order chi connectivity index (χ0) is 13.8. The summed E-state index contributed by atoms with van der Waals surface area (Å²) < 4.78 is 5.39. The SMILES string of the molecule is CC(C)CSC1CCN(C(=O)OC(C)(C)C)CC1. The van der Waals surface area contributed by atoms with Crippen LogP contribution in [0.5, 0.6) is 0 Å². The first-order valence-electron chi connectivity index (χ1n) is 6.87. The van der Waals surface area contributed by atoms with Crippen molar-refractivity contribution in [2.75, 3.05) is 18.8 Å². The lowest BCUT2D eigenvalue weighted by Crippen LogP contribution is -2.42. The third-order valence-electron chi connectivity index (χ3n) is 2.76. The molecular weight excluding hydrogens is 246 g/mol. The Labute approximate surface area is 116 Å². The summed E-state index contributed by atoms with van der Waals surface area (Å²) in [6.45, 7) is 11.9. The van der Waals surface area contributed by atoms with Gasteiger partial charge in [-0.05, 0) is 45.3 Å². The van der Waals surface area contributed by atoms with Crippen LogP contribution in [-0.4, -0.2) is 40.7 Å². The van der Waals surface area contributed by atoms with Gasteiger partial charge in [0.1, 0.15) is 5.60 Å². The second kappa shape index (κ2) is 6.69. The molecule has 106 valence electrons. The zero-order valence-corrected chi connectivity index (χ0v) is 13.2. The van der Waals surface area contributed by atoms with Gasteiger partial charge in [-0.1, -0.05) is 13.8 Å². The highest BCUT2D eigenvalue weighted by Crippen LogP contribution is 2.25.